The zero-order valence-electron chi connectivity index (χ0n) is 6.89. The molecule has 0 bridgehead atoms. The van der Waals surface area contributed by atoms with Gasteiger partial charge in [0.25, 0.3) is 0 Å². The van der Waals surface area contributed by atoms with Crippen molar-refractivity contribution in [2.24, 2.45) is 0 Å². The van der Waals surface area contributed by atoms with Gasteiger partial charge in [-0.2, -0.15) is 0 Å². The van der Waals surface area contributed by atoms with E-state index in [0.717, 1.165) is 13.2 Å². The van der Waals surface area contributed by atoms with Crippen molar-refractivity contribution < 1.29 is 4.74 Å². The fourth-order valence-electron chi connectivity index (χ4n) is 1.46. The van der Waals surface area contributed by atoms with Crippen molar-refractivity contribution in [1.82, 2.24) is 5.32 Å². The smallest absolute Gasteiger partial charge is 0.0714 e. The minimum atomic E-state index is 0.481. The molecule has 1 fully saturated rings. The van der Waals surface area contributed by atoms with Gasteiger partial charge in [0.1, 0.15) is 0 Å². The van der Waals surface area contributed by atoms with Gasteiger partial charge in [-0.05, 0) is 19.8 Å². The predicted octanol–water partition coefficient (Wildman–Crippen LogP) is 1.16. The lowest BCUT2D eigenvalue weighted by atomic mass is 10.1. The highest BCUT2D eigenvalue weighted by atomic mass is 16.5. The van der Waals surface area contributed by atoms with Gasteiger partial charge in [-0.15, -0.1) is 0 Å². The second-order valence-electron chi connectivity index (χ2n) is 2.83. The van der Waals surface area contributed by atoms with Crippen LogP contribution >= 0.6 is 0 Å². The standard InChI is InChI=1S/C8H17NO/c1-3-7-5-8(6-9-7)10-4-2/h7-9H,3-6H2,1-2H3. The lowest BCUT2D eigenvalue weighted by molar-refractivity contribution is 0.0756. The predicted molar refractivity (Wildman–Crippen MR) is 42.1 cm³/mol. The summed E-state index contributed by atoms with van der Waals surface area (Å²) in [7, 11) is 0. The molecule has 2 heteroatoms. The topological polar surface area (TPSA) is 21.3 Å². The number of hydrogen-bond donors (Lipinski definition) is 1. The van der Waals surface area contributed by atoms with E-state index in [9.17, 15) is 0 Å². The van der Waals surface area contributed by atoms with Gasteiger partial charge in [-0.3, -0.25) is 0 Å². The fraction of sp³-hybridized carbons (Fsp3) is 1.00. The van der Waals surface area contributed by atoms with Crippen molar-refractivity contribution in [3.63, 3.8) is 0 Å². The molecular formula is C8H17NO. The van der Waals surface area contributed by atoms with Crippen LogP contribution in [0, 0.1) is 0 Å². The maximum atomic E-state index is 5.47. The van der Waals surface area contributed by atoms with E-state index in [1.165, 1.54) is 12.8 Å². The second kappa shape index (κ2) is 3.94. The summed E-state index contributed by atoms with van der Waals surface area (Å²) in [6.07, 6.45) is 2.91. The number of hydrogen-bond acceptors (Lipinski definition) is 2. The third kappa shape index (κ3) is 1.96. The average Bonchev–Trinajstić information content (AvgIpc) is 2.37. The summed E-state index contributed by atoms with van der Waals surface area (Å²) in [6.45, 7) is 6.17. The monoisotopic (exact) mass is 143 g/mol. The van der Waals surface area contributed by atoms with E-state index in [1.54, 1.807) is 0 Å². The number of nitrogens with one attached hydrogen (secondary N) is 1. The first-order valence-electron chi connectivity index (χ1n) is 4.21. The Balaban J connectivity index is 2.15. The van der Waals surface area contributed by atoms with Crippen LogP contribution in [0.2, 0.25) is 0 Å². The molecule has 0 aromatic heterocycles. The molecule has 1 aliphatic heterocycles. The first kappa shape index (κ1) is 8.02. The van der Waals surface area contributed by atoms with Gasteiger partial charge in [-0.25, -0.2) is 0 Å². The zero-order valence-corrected chi connectivity index (χ0v) is 6.89. The van der Waals surface area contributed by atoms with Crippen molar-refractivity contribution in [3.8, 4) is 0 Å². The Hall–Kier alpha value is -0.0800. The fourth-order valence-corrected chi connectivity index (χ4v) is 1.46. The van der Waals surface area contributed by atoms with Crippen LogP contribution in [0.4, 0.5) is 0 Å². The quantitative estimate of drug-likeness (QED) is 0.640. The molecule has 60 valence electrons. The van der Waals surface area contributed by atoms with E-state index in [1.807, 2.05) is 0 Å². The van der Waals surface area contributed by atoms with Crippen LogP contribution in [-0.2, 0) is 4.74 Å². The molecule has 0 aliphatic carbocycles. The van der Waals surface area contributed by atoms with Crippen LogP contribution in [0.25, 0.3) is 0 Å². The summed E-state index contributed by atoms with van der Waals surface area (Å²) in [6, 6.07) is 0.705. The first-order chi connectivity index (χ1) is 4.86. The molecule has 0 aromatic carbocycles. The summed E-state index contributed by atoms with van der Waals surface area (Å²) < 4.78 is 5.47. The molecule has 0 aromatic rings. The highest BCUT2D eigenvalue weighted by molar-refractivity contribution is 4.80. The normalized spacial score (nSPS) is 33.0. The Morgan fingerprint density at radius 3 is 2.80 bits per heavy atom. The largest absolute Gasteiger partial charge is 0.377 e. The number of ether oxygens (including phenoxy) is 1. The zero-order chi connectivity index (χ0) is 7.40. The Bertz CT molecular complexity index is 95.3. The van der Waals surface area contributed by atoms with Crippen LogP contribution in [0.1, 0.15) is 26.7 Å². The number of rotatable bonds is 3. The Morgan fingerprint density at radius 2 is 2.30 bits per heavy atom. The molecule has 0 radical (unpaired) electrons. The van der Waals surface area contributed by atoms with Gasteiger partial charge >= 0.3 is 0 Å². The summed E-state index contributed by atoms with van der Waals surface area (Å²) in [5.74, 6) is 0. The first-order valence-corrected chi connectivity index (χ1v) is 4.21. The van der Waals surface area contributed by atoms with Crippen LogP contribution in [0.5, 0.6) is 0 Å². The van der Waals surface area contributed by atoms with Gasteiger partial charge in [-0.1, -0.05) is 6.92 Å². The maximum absolute atomic E-state index is 5.47. The average molecular weight is 143 g/mol. The molecule has 1 N–H and O–H groups in total. The third-order valence-corrected chi connectivity index (χ3v) is 2.08. The molecule has 2 atom stereocenters. The lowest BCUT2D eigenvalue weighted by Crippen LogP contribution is -2.20. The minimum absolute atomic E-state index is 0.481. The Kier molecular flexibility index (Phi) is 3.16. The summed E-state index contributed by atoms with van der Waals surface area (Å²) in [4.78, 5) is 0. The van der Waals surface area contributed by atoms with Crippen molar-refractivity contribution >= 4 is 0 Å². The molecule has 1 rings (SSSR count). The maximum Gasteiger partial charge on any atom is 0.0714 e. The molecule has 2 nitrogen and oxygen atoms in total. The highest BCUT2D eigenvalue weighted by Gasteiger charge is 2.21. The molecule has 1 heterocycles. The van der Waals surface area contributed by atoms with Crippen molar-refractivity contribution in [2.75, 3.05) is 13.2 Å². The highest BCUT2D eigenvalue weighted by Crippen LogP contribution is 2.11. The van der Waals surface area contributed by atoms with Crippen LogP contribution in [0.15, 0.2) is 0 Å². The summed E-state index contributed by atoms with van der Waals surface area (Å²) in [5, 5.41) is 3.42. The van der Waals surface area contributed by atoms with Crippen molar-refractivity contribution in [1.29, 1.82) is 0 Å². The molecule has 2 unspecified atom stereocenters. The third-order valence-electron chi connectivity index (χ3n) is 2.08. The van der Waals surface area contributed by atoms with E-state index in [-0.39, 0.29) is 0 Å². The van der Waals surface area contributed by atoms with Crippen LogP contribution in [0.3, 0.4) is 0 Å². The molecular weight excluding hydrogens is 126 g/mol. The van der Waals surface area contributed by atoms with E-state index in [2.05, 4.69) is 19.2 Å². The Morgan fingerprint density at radius 1 is 1.50 bits per heavy atom. The Labute approximate surface area is 63.0 Å². The molecule has 0 saturated carbocycles. The SMILES string of the molecule is CCOC1CNC(CC)C1. The van der Waals surface area contributed by atoms with Gasteiger partial charge in [0, 0.05) is 19.2 Å². The molecule has 10 heavy (non-hydrogen) atoms. The van der Waals surface area contributed by atoms with Crippen molar-refractivity contribution in [2.45, 2.75) is 38.8 Å². The van der Waals surface area contributed by atoms with E-state index in [0.29, 0.717) is 12.1 Å². The van der Waals surface area contributed by atoms with E-state index < -0.39 is 0 Å². The second-order valence-corrected chi connectivity index (χ2v) is 2.83. The van der Waals surface area contributed by atoms with Crippen LogP contribution in [-0.4, -0.2) is 25.3 Å². The minimum Gasteiger partial charge on any atom is -0.377 e. The van der Waals surface area contributed by atoms with Crippen molar-refractivity contribution in [3.05, 3.63) is 0 Å². The van der Waals surface area contributed by atoms with E-state index >= 15 is 0 Å². The van der Waals surface area contributed by atoms with E-state index in [4.69, 9.17) is 4.74 Å². The summed E-state index contributed by atoms with van der Waals surface area (Å²) >= 11 is 0. The van der Waals surface area contributed by atoms with Gasteiger partial charge in [0.2, 0.25) is 0 Å². The molecule has 0 spiro atoms. The van der Waals surface area contributed by atoms with Crippen LogP contribution < -0.4 is 5.32 Å². The molecule has 1 saturated heterocycles. The molecule has 0 amide bonds. The van der Waals surface area contributed by atoms with Gasteiger partial charge in [0.15, 0.2) is 0 Å². The lowest BCUT2D eigenvalue weighted by Gasteiger charge is -2.07. The van der Waals surface area contributed by atoms with Gasteiger partial charge < -0.3 is 10.1 Å². The summed E-state index contributed by atoms with van der Waals surface area (Å²) in [5.41, 5.74) is 0. The van der Waals surface area contributed by atoms with Gasteiger partial charge in [0.05, 0.1) is 6.10 Å². The molecule has 1 aliphatic rings.